The molecular weight excluding hydrogens is 266 g/mol. The molecule has 0 saturated carbocycles. The van der Waals surface area contributed by atoms with Crippen LogP contribution in [0.1, 0.15) is 5.69 Å². The standard InChI is InChI=1S/C12H14BrN3/c1-8-7-10-9(3-2-4-11(10)13)12(16-8)15-6-5-14/h2-4,7H,5-6,14H2,1H3,(H,15,16). The first-order valence-electron chi connectivity index (χ1n) is 5.22. The molecule has 0 aliphatic heterocycles. The Hall–Kier alpha value is -1.13. The molecule has 1 aromatic carbocycles. The number of aryl methyl sites for hydroxylation is 1. The van der Waals surface area contributed by atoms with Gasteiger partial charge >= 0.3 is 0 Å². The highest BCUT2D eigenvalue weighted by Crippen LogP contribution is 2.28. The van der Waals surface area contributed by atoms with Gasteiger partial charge in [-0.1, -0.05) is 28.1 Å². The number of hydrogen-bond acceptors (Lipinski definition) is 3. The van der Waals surface area contributed by atoms with Crippen LogP contribution in [0.2, 0.25) is 0 Å². The van der Waals surface area contributed by atoms with Crippen molar-refractivity contribution < 1.29 is 0 Å². The summed E-state index contributed by atoms with van der Waals surface area (Å²) in [5, 5.41) is 5.54. The molecule has 4 heteroatoms. The monoisotopic (exact) mass is 279 g/mol. The Balaban J connectivity index is 2.59. The first kappa shape index (κ1) is 11.4. The molecule has 16 heavy (non-hydrogen) atoms. The van der Waals surface area contributed by atoms with Crippen molar-refractivity contribution in [2.24, 2.45) is 5.73 Å². The van der Waals surface area contributed by atoms with Crippen LogP contribution < -0.4 is 11.1 Å². The Labute approximate surface area is 103 Å². The third-order valence-electron chi connectivity index (χ3n) is 2.39. The van der Waals surface area contributed by atoms with E-state index >= 15 is 0 Å². The van der Waals surface area contributed by atoms with Gasteiger partial charge < -0.3 is 11.1 Å². The highest BCUT2D eigenvalue weighted by Gasteiger charge is 2.05. The van der Waals surface area contributed by atoms with Gasteiger partial charge in [-0.05, 0) is 19.1 Å². The zero-order chi connectivity index (χ0) is 11.5. The van der Waals surface area contributed by atoms with Crippen LogP contribution in [-0.4, -0.2) is 18.1 Å². The summed E-state index contributed by atoms with van der Waals surface area (Å²) >= 11 is 3.55. The molecule has 1 heterocycles. The number of halogens is 1. The van der Waals surface area contributed by atoms with E-state index in [1.807, 2.05) is 19.1 Å². The number of nitrogens with two attached hydrogens (primary N) is 1. The highest BCUT2D eigenvalue weighted by molar-refractivity contribution is 9.10. The first-order chi connectivity index (χ1) is 7.72. The van der Waals surface area contributed by atoms with Crippen LogP contribution >= 0.6 is 15.9 Å². The van der Waals surface area contributed by atoms with Gasteiger partial charge in [-0.15, -0.1) is 0 Å². The molecule has 3 N–H and O–H groups in total. The summed E-state index contributed by atoms with van der Waals surface area (Å²) in [6.07, 6.45) is 0. The summed E-state index contributed by atoms with van der Waals surface area (Å²) in [4.78, 5) is 4.49. The van der Waals surface area contributed by atoms with Crippen molar-refractivity contribution >= 4 is 32.5 Å². The summed E-state index contributed by atoms with van der Waals surface area (Å²) in [5.74, 6) is 0.904. The molecular formula is C12H14BrN3. The maximum atomic E-state index is 5.49. The SMILES string of the molecule is Cc1cc2c(Br)cccc2c(NCCN)n1. The topological polar surface area (TPSA) is 50.9 Å². The molecule has 0 unspecified atom stereocenters. The number of anilines is 1. The third-order valence-corrected chi connectivity index (χ3v) is 3.08. The summed E-state index contributed by atoms with van der Waals surface area (Å²) in [7, 11) is 0. The zero-order valence-corrected chi connectivity index (χ0v) is 10.7. The van der Waals surface area contributed by atoms with Crippen molar-refractivity contribution in [1.82, 2.24) is 4.98 Å². The number of hydrogen-bond donors (Lipinski definition) is 2. The summed E-state index contributed by atoms with van der Waals surface area (Å²) < 4.78 is 1.09. The minimum Gasteiger partial charge on any atom is -0.368 e. The smallest absolute Gasteiger partial charge is 0.134 e. The maximum Gasteiger partial charge on any atom is 0.134 e. The van der Waals surface area contributed by atoms with Crippen molar-refractivity contribution in [1.29, 1.82) is 0 Å². The van der Waals surface area contributed by atoms with Gasteiger partial charge in [-0.3, -0.25) is 0 Å². The van der Waals surface area contributed by atoms with E-state index in [1.54, 1.807) is 0 Å². The van der Waals surface area contributed by atoms with Crippen LogP contribution in [-0.2, 0) is 0 Å². The van der Waals surface area contributed by atoms with Crippen molar-refractivity contribution in [3.63, 3.8) is 0 Å². The normalized spacial score (nSPS) is 10.7. The van der Waals surface area contributed by atoms with Crippen LogP contribution in [0.4, 0.5) is 5.82 Å². The quantitative estimate of drug-likeness (QED) is 0.908. The largest absolute Gasteiger partial charge is 0.368 e. The summed E-state index contributed by atoms with van der Waals surface area (Å²) in [6.45, 7) is 3.33. The zero-order valence-electron chi connectivity index (χ0n) is 9.13. The minimum absolute atomic E-state index is 0.602. The van der Waals surface area contributed by atoms with Gasteiger partial charge in [0.1, 0.15) is 5.82 Å². The molecule has 0 amide bonds. The fourth-order valence-corrected chi connectivity index (χ4v) is 2.17. The van der Waals surface area contributed by atoms with E-state index in [0.29, 0.717) is 6.54 Å². The number of nitrogens with zero attached hydrogens (tertiary/aromatic N) is 1. The summed E-state index contributed by atoms with van der Waals surface area (Å²) in [5.41, 5.74) is 6.49. The van der Waals surface area contributed by atoms with Crippen molar-refractivity contribution in [3.8, 4) is 0 Å². The van der Waals surface area contributed by atoms with Gasteiger partial charge in [0.25, 0.3) is 0 Å². The van der Waals surface area contributed by atoms with E-state index in [-0.39, 0.29) is 0 Å². The molecule has 0 bridgehead atoms. The predicted octanol–water partition coefficient (Wildman–Crippen LogP) is 2.68. The van der Waals surface area contributed by atoms with Gasteiger partial charge in [-0.2, -0.15) is 0 Å². The number of aromatic nitrogens is 1. The van der Waals surface area contributed by atoms with E-state index in [2.05, 4.69) is 38.4 Å². The van der Waals surface area contributed by atoms with Crippen molar-refractivity contribution in [2.75, 3.05) is 18.4 Å². The number of pyridine rings is 1. The molecule has 3 nitrogen and oxygen atoms in total. The number of fused-ring (bicyclic) bond motifs is 1. The lowest BCUT2D eigenvalue weighted by Crippen LogP contribution is -2.14. The van der Waals surface area contributed by atoms with Crippen LogP contribution in [0.5, 0.6) is 0 Å². The number of benzene rings is 1. The lowest BCUT2D eigenvalue weighted by molar-refractivity contribution is 1.01. The molecule has 2 aromatic rings. The molecule has 0 aliphatic rings. The Bertz CT molecular complexity index is 511. The van der Waals surface area contributed by atoms with E-state index in [4.69, 9.17) is 5.73 Å². The molecule has 2 rings (SSSR count). The average molecular weight is 280 g/mol. The van der Waals surface area contributed by atoms with E-state index in [9.17, 15) is 0 Å². The Morgan fingerprint density at radius 2 is 2.19 bits per heavy atom. The molecule has 0 atom stereocenters. The Morgan fingerprint density at radius 1 is 1.38 bits per heavy atom. The van der Waals surface area contributed by atoms with Gasteiger partial charge in [-0.25, -0.2) is 4.98 Å². The maximum absolute atomic E-state index is 5.49. The van der Waals surface area contributed by atoms with E-state index in [0.717, 1.165) is 27.9 Å². The lowest BCUT2D eigenvalue weighted by atomic mass is 10.1. The number of rotatable bonds is 3. The van der Waals surface area contributed by atoms with Crippen LogP contribution in [0.3, 0.4) is 0 Å². The first-order valence-corrected chi connectivity index (χ1v) is 6.01. The van der Waals surface area contributed by atoms with Crippen LogP contribution in [0.25, 0.3) is 10.8 Å². The van der Waals surface area contributed by atoms with Crippen molar-refractivity contribution in [3.05, 3.63) is 34.4 Å². The third kappa shape index (κ3) is 2.18. The minimum atomic E-state index is 0.602. The fourth-order valence-electron chi connectivity index (χ4n) is 1.69. The second kappa shape index (κ2) is 4.80. The van der Waals surface area contributed by atoms with Crippen LogP contribution in [0.15, 0.2) is 28.7 Å². The fraction of sp³-hybridized carbons (Fsp3) is 0.250. The van der Waals surface area contributed by atoms with Gasteiger partial charge in [0.05, 0.1) is 0 Å². The van der Waals surface area contributed by atoms with E-state index in [1.165, 1.54) is 5.39 Å². The predicted molar refractivity (Wildman–Crippen MR) is 71.7 cm³/mol. The second-order valence-corrected chi connectivity index (χ2v) is 4.52. The van der Waals surface area contributed by atoms with Gasteiger partial charge in [0.15, 0.2) is 0 Å². The molecule has 0 saturated heterocycles. The average Bonchev–Trinajstić information content (AvgIpc) is 2.27. The Kier molecular flexibility index (Phi) is 3.41. The lowest BCUT2D eigenvalue weighted by Gasteiger charge is -2.10. The Morgan fingerprint density at radius 3 is 2.94 bits per heavy atom. The summed E-state index contributed by atoms with van der Waals surface area (Å²) in [6, 6.07) is 8.18. The molecule has 0 aliphatic carbocycles. The second-order valence-electron chi connectivity index (χ2n) is 3.66. The molecule has 0 fully saturated rings. The number of nitrogens with one attached hydrogen (secondary N) is 1. The van der Waals surface area contributed by atoms with Gasteiger partial charge in [0.2, 0.25) is 0 Å². The molecule has 1 aromatic heterocycles. The molecule has 0 spiro atoms. The molecule has 84 valence electrons. The van der Waals surface area contributed by atoms with Crippen molar-refractivity contribution in [2.45, 2.75) is 6.92 Å². The highest BCUT2D eigenvalue weighted by atomic mass is 79.9. The molecule has 0 radical (unpaired) electrons. The van der Waals surface area contributed by atoms with Gasteiger partial charge in [0, 0.05) is 34.0 Å². The van der Waals surface area contributed by atoms with E-state index < -0.39 is 0 Å². The van der Waals surface area contributed by atoms with Crippen LogP contribution in [0, 0.1) is 6.92 Å².